The lowest BCUT2D eigenvalue weighted by molar-refractivity contribution is -0.150. The van der Waals surface area contributed by atoms with Gasteiger partial charge in [-0.15, -0.1) is 0 Å². The van der Waals surface area contributed by atoms with Crippen molar-refractivity contribution in [3.63, 3.8) is 0 Å². The third kappa shape index (κ3) is 6.48. The van der Waals surface area contributed by atoms with E-state index in [0.29, 0.717) is 19.3 Å². The second-order valence-electron chi connectivity index (χ2n) is 10.0. The Kier molecular flexibility index (Phi) is 7.68. The van der Waals surface area contributed by atoms with Crippen molar-refractivity contribution >= 4 is 21.7 Å². The topological polar surface area (TPSA) is 70.2 Å². The highest BCUT2D eigenvalue weighted by atomic mass is 32.2. The van der Waals surface area contributed by atoms with Gasteiger partial charge in [0.15, 0.2) is 0 Å². The Morgan fingerprint density at radius 1 is 1.03 bits per heavy atom. The van der Waals surface area contributed by atoms with Gasteiger partial charge in [0, 0.05) is 57.9 Å². The number of piperazine rings is 1. The number of esters is 1. The van der Waals surface area contributed by atoms with E-state index in [1.807, 2.05) is 0 Å². The molecule has 4 rings (SSSR count). The first kappa shape index (κ1) is 26.2. The third-order valence-electron chi connectivity index (χ3n) is 7.58. The molecule has 1 atom stereocenters. The number of ether oxygens (including phenoxy) is 1. The molecule has 3 saturated heterocycles. The third-order valence-corrected chi connectivity index (χ3v) is 9.45. The number of benzene rings is 1. The number of nitrogens with zero attached hydrogens (tertiary/aromatic N) is 3. The van der Waals surface area contributed by atoms with Gasteiger partial charge in [0.05, 0.1) is 17.6 Å². The van der Waals surface area contributed by atoms with E-state index in [-0.39, 0.29) is 25.2 Å². The van der Waals surface area contributed by atoms with Gasteiger partial charge < -0.3 is 9.64 Å². The molecule has 3 aliphatic heterocycles. The zero-order chi connectivity index (χ0) is 25.3. The number of hydrogen-bond acceptors (Lipinski definition) is 6. The van der Waals surface area contributed by atoms with Crippen LogP contribution in [0.15, 0.2) is 24.3 Å². The van der Waals surface area contributed by atoms with Gasteiger partial charge in [0.2, 0.25) is 10.0 Å². The van der Waals surface area contributed by atoms with Gasteiger partial charge in [-0.25, -0.2) is 12.7 Å². The summed E-state index contributed by atoms with van der Waals surface area (Å²) in [6.45, 7) is 6.77. The van der Waals surface area contributed by atoms with Gasteiger partial charge in [0.25, 0.3) is 0 Å². The summed E-state index contributed by atoms with van der Waals surface area (Å²) in [5.74, 6) is -1.24. The van der Waals surface area contributed by atoms with Crippen LogP contribution in [0.25, 0.3) is 0 Å². The lowest BCUT2D eigenvalue weighted by Crippen LogP contribution is -2.47. The number of sulfonamides is 1. The fourth-order valence-electron chi connectivity index (χ4n) is 5.28. The summed E-state index contributed by atoms with van der Waals surface area (Å²) in [4.78, 5) is 17.4. The second kappa shape index (κ2) is 10.3. The summed E-state index contributed by atoms with van der Waals surface area (Å²) < 4.78 is 68.7. The van der Waals surface area contributed by atoms with Crippen LogP contribution in [0.1, 0.15) is 37.7 Å². The van der Waals surface area contributed by atoms with Crippen LogP contribution >= 0.6 is 0 Å². The maximum atomic E-state index is 12.7. The molecule has 0 aromatic heterocycles. The zero-order valence-corrected chi connectivity index (χ0v) is 20.9. The van der Waals surface area contributed by atoms with Crippen LogP contribution in [0.3, 0.4) is 0 Å². The first-order chi connectivity index (χ1) is 16.5. The summed E-state index contributed by atoms with van der Waals surface area (Å²) in [5, 5.41) is 0. The Morgan fingerprint density at radius 3 is 2.26 bits per heavy atom. The first-order valence-electron chi connectivity index (χ1n) is 12.3. The van der Waals surface area contributed by atoms with Crippen LogP contribution in [0.2, 0.25) is 0 Å². The molecule has 196 valence electrons. The summed E-state index contributed by atoms with van der Waals surface area (Å²) in [7, 11) is -3.99. The number of carbonyl (C=O) groups excluding carboxylic acids is 1. The number of cyclic esters (lactones) is 1. The molecule has 0 radical (unpaired) electrons. The molecule has 0 N–H and O–H groups in total. The van der Waals surface area contributed by atoms with E-state index in [9.17, 15) is 26.4 Å². The number of aryl methyl sites for hydroxylation is 1. The van der Waals surface area contributed by atoms with Gasteiger partial charge >= 0.3 is 12.1 Å². The number of halogens is 3. The van der Waals surface area contributed by atoms with Gasteiger partial charge in [-0.1, -0.05) is 17.7 Å². The molecule has 35 heavy (non-hydrogen) atoms. The monoisotopic (exact) mass is 517 g/mol. The summed E-state index contributed by atoms with van der Waals surface area (Å²) >= 11 is 0. The van der Waals surface area contributed by atoms with Crippen molar-refractivity contribution in [3.05, 3.63) is 29.8 Å². The quantitative estimate of drug-likeness (QED) is 0.518. The van der Waals surface area contributed by atoms with Crippen LogP contribution in [-0.2, 0) is 19.6 Å². The Hall–Kier alpha value is -1.85. The Labute approximate surface area is 205 Å². The van der Waals surface area contributed by atoms with Crippen molar-refractivity contribution in [1.29, 1.82) is 0 Å². The zero-order valence-electron chi connectivity index (χ0n) is 20.1. The van der Waals surface area contributed by atoms with E-state index in [1.165, 1.54) is 11.3 Å². The fourth-order valence-corrected chi connectivity index (χ4v) is 6.77. The molecule has 7 nitrogen and oxygen atoms in total. The lowest BCUT2D eigenvalue weighted by Gasteiger charge is -2.36. The molecule has 0 saturated carbocycles. The highest BCUT2D eigenvalue weighted by molar-refractivity contribution is 7.89. The van der Waals surface area contributed by atoms with Gasteiger partial charge in [-0.2, -0.15) is 13.2 Å². The van der Waals surface area contributed by atoms with Crippen LogP contribution < -0.4 is 4.90 Å². The number of alkyl halides is 3. The predicted octanol–water partition coefficient (Wildman–Crippen LogP) is 3.19. The summed E-state index contributed by atoms with van der Waals surface area (Å²) in [6.07, 6.45) is -4.21. The Bertz CT molecular complexity index is 984. The molecule has 1 spiro atoms. The normalized spacial score (nSPS) is 24.2. The summed E-state index contributed by atoms with van der Waals surface area (Å²) in [6, 6.07) is 8.54. The lowest BCUT2D eigenvalue weighted by atomic mass is 9.76. The fraction of sp³-hybridized carbons (Fsp3) is 0.708. The minimum absolute atomic E-state index is 0.0585. The van der Waals surface area contributed by atoms with Crippen LogP contribution in [0.5, 0.6) is 0 Å². The van der Waals surface area contributed by atoms with Crippen molar-refractivity contribution in [1.82, 2.24) is 9.21 Å². The van der Waals surface area contributed by atoms with Crippen molar-refractivity contribution in [2.45, 2.75) is 51.3 Å². The minimum atomic E-state index is -4.51. The van der Waals surface area contributed by atoms with Crippen LogP contribution in [0, 0.1) is 12.3 Å². The molecule has 1 unspecified atom stereocenters. The Balaban J connectivity index is 1.21. The van der Waals surface area contributed by atoms with Crippen molar-refractivity contribution in [2.24, 2.45) is 5.41 Å². The number of rotatable bonds is 7. The van der Waals surface area contributed by atoms with Gasteiger partial charge in [-0.05, 0) is 38.3 Å². The second-order valence-corrected chi connectivity index (χ2v) is 12.1. The largest absolute Gasteiger partial charge is 0.462 e. The molecule has 11 heteroatoms. The van der Waals surface area contributed by atoms with Crippen molar-refractivity contribution in [3.8, 4) is 0 Å². The average molecular weight is 518 g/mol. The van der Waals surface area contributed by atoms with E-state index in [2.05, 4.69) is 41.0 Å². The van der Waals surface area contributed by atoms with E-state index in [1.54, 1.807) is 0 Å². The molecule has 1 aromatic carbocycles. The summed E-state index contributed by atoms with van der Waals surface area (Å²) in [5.41, 5.74) is 1.75. The molecule has 3 fully saturated rings. The molecular weight excluding hydrogens is 483 g/mol. The van der Waals surface area contributed by atoms with E-state index >= 15 is 0 Å². The standard InChI is InChI=1S/C24H34F3N3O4S/c1-19-2-4-20(5-3-19)29-15-13-28(14-16-29)10-6-21-18-23(22(31)34-21)7-11-30(12-8-23)35(32,33)17-9-24(25,26)27/h2-5,21H,6-18H2,1H3. The molecule has 0 amide bonds. The molecule has 3 aliphatic rings. The molecule has 1 aromatic rings. The molecule has 3 heterocycles. The Morgan fingerprint density at radius 2 is 1.66 bits per heavy atom. The highest BCUT2D eigenvalue weighted by Crippen LogP contribution is 2.44. The number of carbonyl (C=O) groups is 1. The predicted molar refractivity (Wildman–Crippen MR) is 127 cm³/mol. The number of hydrogen-bond donors (Lipinski definition) is 0. The number of piperidine rings is 1. The smallest absolute Gasteiger partial charge is 0.390 e. The SMILES string of the molecule is Cc1ccc(N2CCN(CCC3CC4(CCN(S(=O)(=O)CCC(F)(F)F)CC4)C(=O)O3)CC2)cc1. The van der Waals surface area contributed by atoms with E-state index in [4.69, 9.17) is 4.74 Å². The van der Waals surface area contributed by atoms with E-state index < -0.39 is 33.8 Å². The molecule has 0 aliphatic carbocycles. The molecular formula is C24H34F3N3O4S. The molecule has 0 bridgehead atoms. The minimum Gasteiger partial charge on any atom is -0.462 e. The highest BCUT2D eigenvalue weighted by Gasteiger charge is 2.51. The maximum absolute atomic E-state index is 12.7. The average Bonchev–Trinajstić information content (AvgIpc) is 3.12. The van der Waals surface area contributed by atoms with Crippen molar-refractivity contribution < 1.29 is 31.1 Å². The van der Waals surface area contributed by atoms with E-state index in [0.717, 1.165) is 43.4 Å². The van der Waals surface area contributed by atoms with Gasteiger partial charge in [0.1, 0.15) is 6.10 Å². The number of anilines is 1. The van der Waals surface area contributed by atoms with Gasteiger partial charge in [-0.3, -0.25) is 9.69 Å². The van der Waals surface area contributed by atoms with Crippen molar-refractivity contribution in [2.75, 3.05) is 56.5 Å². The van der Waals surface area contributed by atoms with Crippen LogP contribution in [0.4, 0.5) is 18.9 Å². The maximum Gasteiger partial charge on any atom is 0.390 e. The first-order valence-corrected chi connectivity index (χ1v) is 13.9. The van der Waals surface area contributed by atoms with Crippen LogP contribution in [-0.4, -0.2) is 87.4 Å².